The van der Waals surface area contributed by atoms with Crippen LogP contribution in [-0.4, -0.2) is 44.5 Å². The maximum Gasteiger partial charge on any atom is 0.237 e. The molecule has 1 aliphatic rings. The first-order chi connectivity index (χ1) is 7.74. The zero-order valence-electron chi connectivity index (χ0n) is 10.7. The lowest BCUT2D eigenvalue weighted by Crippen LogP contribution is -2.51. The zero-order valence-corrected chi connectivity index (χ0v) is 11.6. The van der Waals surface area contributed by atoms with Gasteiger partial charge in [-0.1, -0.05) is 6.42 Å². The van der Waals surface area contributed by atoms with Crippen molar-refractivity contribution in [3.8, 4) is 0 Å². The molecule has 1 amide bonds. The molecule has 0 bridgehead atoms. The molecular formula is C11H22N2O3S. The van der Waals surface area contributed by atoms with Gasteiger partial charge in [0.25, 0.3) is 0 Å². The molecule has 0 aromatic heterocycles. The predicted octanol–water partition coefficient (Wildman–Crippen LogP) is 0.0679. The van der Waals surface area contributed by atoms with Crippen LogP contribution >= 0.6 is 0 Å². The summed E-state index contributed by atoms with van der Waals surface area (Å²) in [5.74, 6) is -0.0959. The second-order valence-electron chi connectivity index (χ2n) is 5.25. The Morgan fingerprint density at radius 1 is 1.41 bits per heavy atom. The maximum atomic E-state index is 11.8. The van der Waals surface area contributed by atoms with E-state index in [0.717, 1.165) is 25.8 Å². The summed E-state index contributed by atoms with van der Waals surface area (Å²) < 4.78 is 22.0. The van der Waals surface area contributed by atoms with E-state index in [1.54, 1.807) is 13.8 Å². The average molecular weight is 262 g/mol. The van der Waals surface area contributed by atoms with E-state index in [9.17, 15) is 13.2 Å². The molecule has 2 N–H and O–H groups in total. The summed E-state index contributed by atoms with van der Waals surface area (Å²) in [6, 6.07) is -0.167. The third kappa shape index (κ3) is 3.96. The van der Waals surface area contributed by atoms with E-state index in [1.807, 2.05) is 0 Å². The van der Waals surface area contributed by atoms with Crippen LogP contribution in [0.1, 0.15) is 33.1 Å². The summed E-state index contributed by atoms with van der Waals surface area (Å²) in [7, 11) is -3.16. The number of sulfone groups is 1. The Hall–Kier alpha value is -0.620. The average Bonchev–Trinajstić information content (AvgIpc) is 2.25. The molecule has 1 saturated heterocycles. The van der Waals surface area contributed by atoms with Crippen molar-refractivity contribution in [2.75, 3.05) is 19.3 Å². The monoisotopic (exact) mass is 262 g/mol. The van der Waals surface area contributed by atoms with Gasteiger partial charge >= 0.3 is 0 Å². The lowest BCUT2D eigenvalue weighted by molar-refractivity contribution is -0.123. The van der Waals surface area contributed by atoms with Crippen molar-refractivity contribution in [1.82, 2.24) is 10.6 Å². The van der Waals surface area contributed by atoms with Crippen LogP contribution in [-0.2, 0) is 14.6 Å². The summed E-state index contributed by atoms with van der Waals surface area (Å²) >= 11 is 0. The number of rotatable bonds is 4. The highest BCUT2D eigenvalue weighted by Gasteiger charge is 2.31. The van der Waals surface area contributed by atoms with Crippen molar-refractivity contribution >= 4 is 15.7 Å². The van der Waals surface area contributed by atoms with Crippen LogP contribution in [0.15, 0.2) is 0 Å². The first-order valence-corrected chi connectivity index (χ1v) is 7.84. The van der Waals surface area contributed by atoms with Crippen LogP contribution in [0.2, 0.25) is 0 Å². The molecule has 0 saturated carbocycles. The third-order valence-electron chi connectivity index (χ3n) is 3.32. The molecule has 0 spiro atoms. The van der Waals surface area contributed by atoms with Gasteiger partial charge in [-0.2, -0.15) is 0 Å². The van der Waals surface area contributed by atoms with Gasteiger partial charge in [0.1, 0.15) is 0 Å². The summed E-state index contributed by atoms with van der Waals surface area (Å²) in [5, 5.41) is 5.85. The number of piperidine rings is 1. The van der Waals surface area contributed by atoms with Crippen molar-refractivity contribution < 1.29 is 13.2 Å². The highest BCUT2D eigenvalue weighted by molar-refractivity contribution is 7.92. The number of carbonyl (C=O) groups excluding carboxylic acids is 1. The molecule has 0 radical (unpaired) electrons. The molecule has 5 nitrogen and oxygen atoms in total. The van der Waals surface area contributed by atoms with E-state index >= 15 is 0 Å². The second-order valence-corrected chi connectivity index (χ2v) is 7.90. The number of nitrogens with one attached hydrogen (secondary N) is 2. The minimum atomic E-state index is -3.16. The minimum absolute atomic E-state index is 0.0959. The van der Waals surface area contributed by atoms with E-state index in [4.69, 9.17) is 0 Å². The second kappa shape index (κ2) is 5.35. The highest BCUT2D eigenvalue weighted by Crippen LogP contribution is 2.14. The maximum absolute atomic E-state index is 11.8. The Bertz CT molecular complexity index is 370. The SMILES string of the molecule is CC(C)(CNC(=O)[C@H]1CCCCN1)S(C)(=O)=O. The lowest BCUT2D eigenvalue weighted by atomic mass is 10.0. The number of amides is 1. The van der Waals surface area contributed by atoms with E-state index in [1.165, 1.54) is 6.26 Å². The molecule has 0 aliphatic carbocycles. The Balaban J connectivity index is 2.47. The number of hydrogen-bond acceptors (Lipinski definition) is 4. The summed E-state index contributed by atoms with van der Waals surface area (Å²) in [4.78, 5) is 11.8. The summed E-state index contributed by atoms with van der Waals surface area (Å²) in [6.45, 7) is 4.25. The Kier molecular flexibility index (Phi) is 4.55. The molecule has 1 aliphatic heterocycles. The quantitative estimate of drug-likeness (QED) is 0.752. The van der Waals surface area contributed by atoms with E-state index in [0.29, 0.717) is 0 Å². The molecular weight excluding hydrogens is 240 g/mol. The van der Waals surface area contributed by atoms with Crippen LogP contribution in [0, 0.1) is 0 Å². The van der Waals surface area contributed by atoms with Gasteiger partial charge in [-0.25, -0.2) is 8.42 Å². The summed E-state index contributed by atoms with van der Waals surface area (Å²) in [6.07, 6.45) is 4.16. The van der Waals surface area contributed by atoms with Crippen LogP contribution in [0.5, 0.6) is 0 Å². The molecule has 6 heteroatoms. The van der Waals surface area contributed by atoms with Crippen LogP contribution in [0.4, 0.5) is 0 Å². The van der Waals surface area contributed by atoms with Gasteiger partial charge in [-0.05, 0) is 33.2 Å². The first kappa shape index (κ1) is 14.4. The largest absolute Gasteiger partial charge is 0.353 e. The smallest absolute Gasteiger partial charge is 0.237 e. The molecule has 1 fully saturated rings. The van der Waals surface area contributed by atoms with Gasteiger partial charge in [-0.3, -0.25) is 4.79 Å². The topological polar surface area (TPSA) is 75.3 Å². The van der Waals surface area contributed by atoms with Crippen molar-refractivity contribution in [2.45, 2.75) is 43.9 Å². The van der Waals surface area contributed by atoms with E-state index in [-0.39, 0.29) is 18.5 Å². The van der Waals surface area contributed by atoms with Gasteiger partial charge < -0.3 is 10.6 Å². The molecule has 0 aromatic carbocycles. The molecule has 0 unspecified atom stereocenters. The summed E-state index contributed by atoms with van der Waals surface area (Å²) in [5.41, 5.74) is 0. The molecule has 100 valence electrons. The van der Waals surface area contributed by atoms with Gasteiger partial charge in [0.05, 0.1) is 10.8 Å². The number of hydrogen-bond donors (Lipinski definition) is 2. The zero-order chi connectivity index (χ0) is 13.1. The van der Waals surface area contributed by atoms with Crippen LogP contribution in [0.3, 0.4) is 0 Å². The fourth-order valence-corrected chi connectivity index (χ4v) is 1.96. The fraction of sp³-hybridized carbons (Fsp3) is 0.909. The van der Waals surface area contributed by atoms with Crippen molar-refractivity contribution in [1.29, 1.82) is 0 Å². The van der Waals surface area contributed by atoms with Crippen LogP contribution < -0.4 is 10.6 Å². The van der Waals surface area contributed by atoms with Crippen LogP contribution in [0.25, 0.3) is 0 Å². The fourth-order valence-electron chi connectivity index (χ4n) is 1.63. The predicted molar refractivity (Wildman–Crippen MR) is 67.6 cm³/mol. The molecule has 0 aromatic rings. The standard InChI is InChI=1S/C11H22N2O3S/c1-11(2,17(3,15)16)8-13-10(14)9-6-4-5-7-12-9/h9,12H,4-8H2,1-3H3,(H,13,14)/t9-/m1/s1. The molecule has 1 heterocycles. The number of carbonyl (C=O) groups is 1. The van der Waals surface area contributed by atoms with Crippen molar-refractivity contribution in [2.24, 2.45) is 0 Å². The van der Waals surface area contributed by atoms with Gasteiger partial charge in [0, 0.05) is 12.8 Å². The van der Waals surface area contributed by atoms with Gasteiger partial charge in [0.2, 0.25) is 5.91 Å². The Labute approximate surface area is 103 Å². The van der Waals surface area contributed by atoms with E-state index < -0.39 is 14.6 Å². The van der Waals surface area contributed by atoms with Crippen molar-refractivity contribution in [3.63, 3.8) is 0 Å². The highest BCUT2D eigenvalue weighted by atomic mass is 32.2. The first-order valence-electron chi connectivity index (χ1n) is 5.95. The molecule has 17 heavy (non-hydrogen) atoms. The van der Waals surface area contributed by atoms with E-state index in [2.05, 4.69) is 10.6 Å². The molecule has 1 rings (SSSR count). The normalized spacial score (nSPS) is 22.2. The molecule has 1 atom stereocenters. The Morgan fingerprint density at radius 3 is 2.53 bits per heavy atom. The third-order valence-corrected chi connectivity index (χ3v) is 5.47. The lowest BCUT2D eigenvalue weighted by Gasteiger charge is -2.26. The van der Waals surface area contributed by atoms with Gasteiger partial charge in [-0.15, -0.1) is 0 Å². The van der Waals surface area contributed by atoms with Gasteiger partial charge in [0.15, 0.2) is 9.84 Å². The minimum Gasteiger partial charge on any atom is -0.353 e. The van der Waals surface area contributed by atoms with Crippen molar-refractivity contribution in [3.05, 3.63) is 0 Å². The Morgan fingerprint density at radius 2 is 2.06 bits per heavy atom.